The first-order valence-corrected chi connectivity index (χ1v) is 7.01. The van der Waals surface area contributed by atoms with E-state index in [1.54, 1.807) is 0 Å². The molecule has 0 saturated carbocycles. The van der Waals surface area contributed by atoms with Gasteiger partial charge in [0, 0.05) is 13.1 Å². The molecule has 2 aromatic rings. The number of amides is 1. The molecular formula is C13H19N7O3. The minimum Gasteiger partial charge on any atom is -0.394 e. The molecule has 23 heavy (non-hydrogen) atoms. The first kappa shape index (κ1) is 16.8. The van der Waals surface area contributed by atoms with Gasteiger partial charge in [-0.1, -0.05) is 0 Å². The average molecular weight is 321 g/mol. The summed E-state index contributed by atoms with van der Waals surface area (Å²) < 4.78 is 1.51. The lowest BCUT2D eigenvalue weighted by molar-refractivity contribution is -0.140. The highest BCUT2D eigenvalue weighted by molar-refractivity contribution is 5.88. The molecule has 2 rings (SSSR count). The number of imidazole rings is 1. The van der Waals surface area contributed by atoms with Gasteiger partial charge in [0.05, 0.1) is 12.9 Å². The number of aromatic nitrogens is 4. The number of nitrogens with zero attached hydrogens (tertiary/aromatic N) is 5. The summed E-state index contributed by atoms with van der Waals surface area (Å²) in [5.41, 5.74) is 12.0. The Kier molecular flexibility index (Phi) is 5.19. The molecule has 0 spiro atoms. The van der Waals surface area contributed by atoms with Crippen molar-refractivity contribution in [3.63, 3.8) is 0 Å². The van der Waals surface area contributed by atoms with Gasteiger partial charge in [0.15, 0.2) is 17.2 Å². The summed E-state index contributed by atoms with van der Waals surface area (Å²) in [6, 6.07) is -0.916. The fourth-order valence-corrected chi connectivity index (χ4v) is 2.29. The molecule has 0 aromatic carbocycles. The van der Waals surface area contributed by atoms with Gasteiger partial charge in [0.1, 0.15) is 24.4 Å². The summed E-state index contributed by atoms with van der Waals surface area (Å²) in [7, 11) is 0. The highest BCUT2D eigenvalue weighted by atomic mass is 16.3. The van der Waals surface area contributed by atoms with Crippen LogP contribution in [0.1, 0.15) is 6.92 Å². The largest absolute Gasteiger partial charge is 0.394 e. The lowest BCUT2D eigenvalue weighted by Gasteiger charge is -2.28. The Bertz CT molecular complexity index is 715. The minimum atomic E-state index is -0.916. The summed E-state index contributed by atoms with van der Waals surface area (Å²) in [6.07, 6.45) is 2.71. The molecule has 0 aliphatic carbocycles. The maximum Gasteiger partial charge on any atom is 0.243 e. The molecule has 0 aliphatic heterocycles. The Labute approximate surface area is 132 Å². The normalized spacial score (nSPS) is 12.3. The van der Waals surface area contributed by atoms with Gasteiger partial charge in [-0.3, -0.25) is 9.59 Å². The number of carbonyl (C=O) groups is 2. The van der Waals surface area contributed by atoms with Crippen molar-refractivity contribution in [3.05, 3.63) is 12.7 Å². The van der Waals surface area contributed by atoms with Crippen LogP contribution in [0.2, 0.25) is 0 Å². The maximum absolute atomic E-state index is 12.5. The number of Topliss-reactive ketones (excluding diaryl/α,β-unsaturated/α-hetero) is 1. The van der Waals surface area contributed by atoms with Crippen LogP contribution in [0.4, 0.5) is 5.82 Å². The van der Waals surface area contributed by atoms with Gasteiger partial charge in [0.2, 0.25) is 5.91 Å². The van der Waals surface area contributed by atoms with Crippen molar-refractivity contribution in [2.24, 2.45) is 5.73 Å². The van der Waals surface area contributed by atoms with E-state index in [4.69, 9.17) is 11.5 Å². The van der Waals surface area contributed by atoms with E-state index in [2.05, 4.69) is 15.0 Å². The first-order chi connectivity index (χ1) is 11.0. The zero-order chi connectivity index (χ0) is 17.0. The van der Waals surface area contributed by atoms with Crippen LogP contribution in [0, 0.1) is 0 Å². The van der Waals surface area contributed by atoms with Crippen molar-refractivity contribution >= 4 is 28.7 Å². The van der Waals surface area contributed by atoms with Crippen molar-refractivity contribution < 1.29 is 14.7 Å². The van der Waals surface area contributed by atoms with E-state index in [0.717, 1.165) is 0 Å². The van der Waals surface area contributed by atoms with E-state index in [1.165, 1.54) is 29.0 Å². The van der Waals surface area contributed by atoms with E-state index in [9.17, 15) is 14.7 Å². The summed E-state index contributed by atoms with van der Waals surface area (Å²) in [6.45, 7) is 1.10. The third-order valence-corrected chi connectivity index (χ3v) is 3.44. The molecular weight excluding hydrogens is 302 g/mol. The number of ketones is 1. The van der Waals surface area contributed by atoms with E-state index in [1.807, 2.05) is 0 Å². The summed E-state index contributed by atoms with van der Waals surface area (Å²) in [4.78, 5) is 37.4. The Morgan fingerprint density at radius 1 is 1.39 bits per heavy atom. The molecule has 2 heterocycles. The number of nitrogen functional groups attached to an aromatic ring is 1. The second-order valence-electron chi connectivity index (χ2n) is 4.99. The molecule has 10 heteroatoms. The van der Waals surface area contributed by atoms with Gasteiger partial charge in [-0.2, -0.15) is 0 Å². The summed E-state index contributed by atoms with van der Waals surface area (Å²) >= 11 is 0. The van der Waals surface area contributed by atoms with Crippen molar-refractivity contribution in [1.29, 1.82) is 0 Å². The van der Waals surface area contributed by atoms with E-state index in [0.29, 0.717) is 11.2 Å². The zero-order valence-corrected chi connectivity index (χ0v) is 12.7. The molecule has 2 aromatic heterocycles. The second-order valence-corrected chi connectivity index (χ2v) is 4.99. The number of anilines is 1. The molecule has 0 fully saturated rings. The van der Waals surface area contributed by atoms with Crippen LogP contribution < -0.4 is 11.5 Å². The minimum absolute atomic E-state index is 0.100. The molecule has 124 valence electrons. The molecule has 0 bridgehead atoms. The van der Waals surface area contributed by atoms with Crippen LogP contribution in [0.25, 0.3) is 11.2 Å². The Morgan fingerprint density at radius 2 is 2.13 bits per heavy atom. The molecule has 1 atom stereocenters. The van der Waals surface area contributed by atoms with Gasteiger partial charge in [-0.25, -0.2) is 15.0 Å². The van der Waals surface area contributed by atoms with Crippen molar-refractivity contribution in [2.75, 3.05) is 25.4 Å². The molecule has 1 unspecified atom stereocenters. The van der Waals surface area contributed by atoms with Gasteiger partial charge in [-0.15, -0.1) is 0 Å². The van der Waals surface area contributed by atoms with Crippen molar-refractivity contribution in [2.45, 2.75) is 19.5 Å². The lowest BCUT2D eigenvalue weighted by Crippen LogP contribution is -2.49. The zero-order valence-electron chi connectivity index (χ0n) is 12.7. The fraction of sp³-hybridized carbons (Fsp3) is 0.462. The highest BCUT2D eigenvalue weighted by Gasteiger charge is 2.26. The number of hydrogen-bond acceptors (Lipinski definition) is 8. The number of rotatable bonds is 7. The number of aliphatic hydroxyl groups is 1. The van der Waals surface area contributed by atoms with E-state index < -0.39 is 12.6 Å². The maximum atomic E-state index is 12.5. The number of aliphatic hydroxyl groups excluding tert-OH is 1. The molecule has 0 radical (unpaired) electrons. The standard InChI is InChI=1S/C13H19N7O3/c1-8(22)9(5-21)20(3-2-14)10(23)4-19-7-18-11-12(15)16-6-17-13(11)19/h6-7,9,21H,2-5,14H2,1H3,(H2,15,16,17). The third kappa shape index (κ3) is 3.43. The number of hydrogen-bond donors (Lipinski definition) is 3. The van der Waals surface area contributed by atoms with E-state index in [-0.39, 0.29) is 37.1 Å². The monoisotopic (exact) mass is 321 g/mol. The predicted molar refractivity (Wildman–Crippen MR) is 82.1 cm³/mol. The molecule has 5 N–H and O–H groups in total. The van der Waals surface area contributed by atoms with Crippen LogP contribution in [-0.4, -0.2) is 67.0 Å². The van der Waals surface area contributed by atoms with Crippen molar-refractivity contribution in [3.8, 4) is 0 Å². The summed E-state index contributed by atoms with van der Waals surface area (Å²) in [5.74, 6) is -0.463. The molecule has 0 aliphatic rings. The van der Waals surface area contributed by atoms with Crippen LogP contribution in [0.15, 0.2) is 12.7 Å². The second kappa shape index (κ2) is 7.11. The van der Waals surface area contributed by atoms with Gasteiger partial charge in [0.25, 0.3) is 0 Å². The Hall–Kier alpha value is -2.59. The Balaban J connectivity index is 2.26. The van der Waals surface area contributed by atoms with Crippen LogP contribution >= 0.6 is 0 Å². The average Bonchev–Trinajstić information content (AvgIpc) is 2.91. The van der Waals surface area contributed by atoms with Gasteiger partial charge < -0.3 is 26.0 Å². The first-order valence-electron chi connectivity index (χ1n) is 7.01. The smallest absolute Gasteiger partial charge is 0.243 e. The molecule has 0 saturated heterocycles. The van der Waals surface area contributed by atoms with Gasteiger partial charge in [-0.05, 0) is 6.92 Å². The Morgan fingerprint density at radius 3 is 2.74 bits per heavy atom. The SMILES string of the molecule is CC(=O)C(CO)N(CCN)C(=O)Cn1cnc2c(N)ncnc21. The van der Waals surface area contributed by atoms with Crippen molar-refractivity contribution in [1.82, 2.24) is 24.4 Å². The highest BCUT2D eigenvalue weighted by Crippen LogP contribution is 2.14. The lowest BCUT2D eigenvalue weighted by atomic mass is 10.2. The van der Waals surface area contributed by atoms with Gasteiger partial charge >= 0.3 is 0 Å². The van der Waals surface area contributed by atoms with Crippen LogP contribution in [-0.2, 0) is 16.1 Å². The number of fused-ring (bicyclic) bond motifs is 1. The van der Waals surface area contributed by atoms with E-state index >= 15 is 0 Å². The topological polar surface area (TPSA) is 153 Å². The van der Waals surface area contributed by atoms with Crippen LogP contribution in [0.3, 0.4) is 0 Å². The number of carbonyl (C=O) groups excluding carboxylic acids is 2. The summed E-state index contributed by atoms with van der Waals surface area (Å²) in [5, 5.41) is 9.36. The van der Waals surface area contributed by atoms with Crippen LogP contribution in [0.5, 0.6) is 0 Å². The molecule has 10 nitrogen and oxygen atoms in total. The third-order valence-electron chi connectivity index (χ3n) is 3.44. The quantitative estimate of drug-likeness (QED) is 0.537. The fourth-order valence-electron chi connectivity index (χ4n) is 2.29. The predicted octanol–water partition coefficient (Wildman–Crippen LogP) is -1.85. The number of nitrogens with two attached hydrogens (primary N) is 2. The molecule has 1 amide bonds.